The number of fused-ring (bicyclic) bond motifs is 1. The Balaban J connectivity index is 1.29. The lowest BCUT2D eigenvalue weighted by atomic mass is 10.2. The van der Waals surface area contributed by atoms with Crippen LogP contribution in [0.3, 0.4) is 0 Å². The molecule has 2 aliphatic rings. The molecular weight excluding hydrogens is 370 g/mol. The Morgan fingerprint density at radius 1 is 1.10 bits per heavy atom. The highest BCUT2D eigenvalue weighted by Gasteiger charge is 2.20. The summed E-state index contributed by atoms with van der Waals surface area (Å²) < 4.78 is 11.3. The van der Waals surface area contributed by atoms with E-state index in [0.717, 1.165) is 38.4 Å². The van der Waals surface area contributed by atoms with E-state index in [1.165, 1.54) is 0 Å². The van der Waals surface area contributed by atoms with Crippen LogP contribution >= 0.6 is 0 Å². The fourth-order valence-corrected chi connectivity index (χ4v) is 3.44. The maximum absolute atomic E-state index is 12.5. The lowest BCUT2D eigenvalue weighted by Crippen LogP contribution is -2.48. The van der Waals surface area contributed by atoms with Gasteiger partial charge in [-0.2, -0.15) is 5.26 Å². The fourth-order valence-electron chi connectivity index (χ4n) is 3.44. The molecule has 4 rings (SSSR count). The van der Waals surface area contributed by atoms with Crippen molar-refractivity contribution in [1.82, 2.24) is 9.88 Å². The third kappa shape index (κ3) is 4.76. The second-order valence-electron chi connectivity index (χ2n) is 7.04. The largest absolute Gasteiger partial charge is 0.490 e. The molecule has 1 fully saturated rings. The number of hydrogen-bond donors (Lipinski definition) is 1. The number of amides is 1. The number of benzene rings is 1. The minimum Gasteiger partial charge on any atom is -0.490 e. The molecule has 1 saturated heterocycles. The Hall–Kier alpha value is -3.31. The summed E-state index contributed by atoms with van der Waals surface area (Å²) in [5, 5.41) is 12.0. The molecule has 1 aromatic carbocycles. The average Bonchev–Trinajstić information content (AvgIpc) is 2.99. The van der Waals surface area contributed by atoms with E-state index in [2.05, 4.69) is 26.2 Å². The van der Waals surface area contributed by atoms with Gasteiger partial charge in [-0.05, 0) is 24.3 Å². The van der Waals surface area contributed by atoms with Gasteiger partial charge in [0.25, 0.3) is 0 Å². The van der Waals surface area contributed by atoms with Crippen molar-refractivity contribution in [3.05, 3.63) is 42.1 Å². The fraction of sp³-hybridized carbons (Fsp3) is 0.381. The van der Waals surface area contributed by atoms with Crippen LogP contribution in [0.4, 0.5) is 11.5 Å². The molecule has 8 heteroatoms. The molecular formula is C21H23N5O3. The Bertz CT molecular complexity index is 919. The third-order valence-corrected chi connectivity index (χ3v) is 4.97. The predicted molar refractivity (Wildman–Crippen MR) is 108 cm³/mol. The van der Waals surface area contributed by atoms with Crippen LogP contribution < -0.4 is 19.7 Å². The van der Waals surface area contributed by atoms with Crippen LogP contribution in [-0.2, 0) is 4.79 Å². The highest BCUT2D eigenvalue weighted by molar-refractivity contribution is 5.92. The zero-order valence-electron chi connectivity index (χ0n) is 16.1. The van der Waals surface area contributed by atoms with Crippen molar-refractivity contribution in [3.63, 3.8) is 0 Å². The molecule has 0 saturated carbocycles. The van der Waals surface area contributed by atoms with Crippen molar-refractivity contribution < 1.29 is 14.3 Å². The Kier molecular flexibility index (Phi) is 5.77. The van der Waals surface area contributed by atoms with E-state index >= 15 is 0 Å². The molecule has 3 heterocycles. The summed E-state index contributed by atoms with van der Waals surface area (Å²) in [5.41, 5.74) is 1.31. The van der Waals surface area contributed by atoms with Crippen molar-refractivity contribution >= 4 is 17.4 Å². The van der Waals surface area contributed by atoms with E-state index in [1.807, 2.05) is 18.2 Å². The van der Waals surface area contributed by atoms with Crippen molar-refractivity contribution in [2.24, 2.45) is 0 Å². The number of nitrogens with zero attached hydrogens (tertiary/aromatic N) is 4. The van der Waals surface area contributed by atoms with Gasteiger partial charge in [-0.3, -0.25) is 9.69 Å². The number of ether oxygens (including phenoxy) is 2. The topological polar surface area (TPSA) is 90.7 Å². The van der Waals surface area contributed by atoms with Crippen LogP contribution in [0, 0.1) is 11.3 Å². The quantitative estimate of drug-likeness (QED) is 0.848. The maximum atomic E-state index is 12.5. The summed E-state index contributed by atoms with van der Waals surface area (Å²) in [6.07, 6.45) is 2.50. The smallest absolute Gasteiger partial charge is 0.238 e. The van der Waals surface area contributed by atoms with Gasteiger partial charge in [0.15, 0.2) is 11.5 Å². The molecule has 0 unspecified atom stereocenters. The van der Waals surface area contributed by atoms with Gasteiger partial charge in [0.2, 0.25) is 5.91 Å². The number of piperazine rings is 1. The van der Waals surface area contributed by atoms with E-state index in [9.17, 15) is 4.79 Å². The number of nitrogens with one attached hydrogen (secondary N) is 1. The average molecular weight is 393 g/mol. The van der Waals surface area contributed by atoms with Gasteiger partial charge in [-0.25, -0.2) is 4.98 Å². The standard InChI is InChI=1S/C21H23N5O3/c22-14-16-4-5-23-20(12-16)26-8-6-25(7-9-26)15-21(27)24-17-2-3-18-19(13-17)29-11-1-10-28-18/h2-5,12-13H,1,6-11,15H2,(H,24,27). The van der Waals surface area contributed by atoms with Crippen LogP contribution in [-0.4, -0.2) is 61.7 Å². The number of anilines is 2. The predicted octanol–water partition coefficient (Wildman–Crippen LogP) is 1.88. The van der Waals surface area contributed by atoms with E-state index < -0.39 is 0 Å². The highest BCUT2D eigenvalue weighted by Crippen LogP contribution is 2.32. The molecule has 1 N–H and O–H groups in total. The summed E-state index contributed by atoms with van der Waals surface area (Å²) in [4.78, 5) is 21.1. The number of hydrogen-bond acceptors (Lipinski definition) is 7. The summed E-state index contributed by atoms with van der Waals surface area (Å²) in [6.45, 7) is 4.62. The second-order valence-corrected chi connectivity index (χ2v) is 7.04. The van der Waals surface area contributed by atoms with Crippen LogP contribution in [0.2, 0.25) is 0 Å². The van der Waals surface area contributed by atoms with Crippen molar-refractivity contribution in [1.29, 1.82) is 5.26 Å². The van der Waals surface area contributed by atoms with Gasteiger partial charge in [0.1, 0.15) is 5.82 Å². The Labute approximate surface area is 169 Å². The number of rotatable bonds is 4. The monoisotopic (exact) mass is 393 g/mol. The summed E-state index contributed by atoms with van der Waals surface area (Å²) in [5.74, 6) is 2.13. The SMILES string of the molecule is N#Cc1ccnc(N2CCN(CC(=O)Nc3ccc4c(c3)OCCCO4)CC2)c1. The van der Waals surface area contributed by atoms with E-state index in [0.29, 0.717) is 42.5 Å². The van der Waals surface area contributed by atoms with E-state index in [4.69, 9.17) is 14.7 Å². The van der Waals surface area contributed by atoms with E-state index in [-0.39, 0.29) is 5.91 Å². The lowest BCUT2D eigenvalue weighted by molar-refractivity contribution is -0.117. The summed E-state index contributed by atoms with van der Waals surface area (Å²) in [6, 6.07) is 11.1. The molecule has 150 valence electrons. The molecule has 1 amide bonds. The first kappa shape index (κ1) is 19.0. The summed E-state index contributed by atoms with van der Waals surface area (Å²) in [7, 11) is 0. The number of carbonyl (C=O) groups excluding carboxylic acids is 1. The molecule has 0 atom stereocenters. The first-order valence-corrected chi connectivity index (χ1v) is 9.74. The second kappa shape index (κ2) is 8.80. The Morgan fingerprint density at radius 2 is 1.90 bits per heavy atom. The number of nitriles is 1. The molecule has 0 aliphatic carbocycles. The number of carbonyl (C=O) groups is 1. The third-order valence-electron chi connectivity index (χ3n) is 4.97. The van der Waals surface area contributed by atoms with Crippen LogP contribution in [0.15, 0.2) is 36.5 Å². The zero-order chi connectivity index (χ0) is 20.1. The normalized spacial score (nSPS) is 16.6. The van der Waals surface area contributed by atoms with Crippen molar-refractivity contribution in [2.75, 3.05) is 56.2 Å². The first-order chi connectivity index (χ1) is 14.2. The zero-order valence-corrected chi connectivity index (χ0v) is 16.1. The minimum absolute atomic E-state index is 0.0578. The van der Waals surface area contributed by atoms with Gasteiger partial charge >= 0.3 is 0 Å². The molecule has 8 nitrogen and oxygen atoms in total. The Morgan fingerprint density at radius 3 is 2.69 bits per heavy atom. The molecule has 1 aromatic heterocycles. The van der Waals surface area contributed by atoms with Gasteiger partial charge in [-0.15, -0.1) is 0 Å². The first-order valence-electron chi connectivity index (χ1n) is 9.74. The molecule has 0 spiro atoms. The molecule has 2 aliphatic heterocycles. The lowest BCUT2D eigenvalue weighted by Gasteiger charge is -2.35. The maximum Gasteiger partial charge on any atom is 0.238 e. The van der Waals surface area contributed by atoms with Gasteiger partial charge in [-0.1, -0.05) is 0 Å². The van der Waals surface area contributed by atoms with Crippen LogP contribution in [0.25, 0.3) is 0 Å². The van der Waals surface area contributed by atoms with Crippen molar-refractivity contribution in [2.45, 2.75) is 6.42 Å². The molecule has 0 radical (unpaired) electrons. The molecule has 0 bridgehead atoms. The van der Waals surface area contributed by atoms with Crippen LogP contribution in [0.1, 0.15) is 12.0 Å². The van der Waals surface area contributed by atoms with Crippen LogP contribution in [0.5, 0.6) is 11.5 Å². The van der Waals surface area contributed by atoms with Gasteiger partial charge in [0, 0.05) is 50.6 Å². The minimum atomic E-state index is -0.0578. The highest BCUT2D eigenvalue weighted by atomic mass is 16.5. The van der Waals surface area contributed by atoms with Gasteiger partial charge < -0.3 is 19.7 Å². The van der Waals surface area contributed by atoms with Gasteiger partial charge in [0.05, 0.1) is 31.4 Å². The summed E-state index contributed by atoms with van der Waals surface area (Å²) >= 11 is 0. The van der Waals surface area contributed by atoms with E-state index in [1.54, 1.807) is 18.3 Å². The molecule has 2 aromatic rings. The molecule has 29 heavy (non-hydrogen) atoms. The number of pyridine rings is 1. The number of aromatic nitrogens is 1. The van der Waals surface area contributed by atoms with Crippen molar-refractivity contribution in [3.8, 4) is 17.6 Å².